The van der Waals surface area contributed by atoms with Crippen LogP contribution in [0.15, 0.2) is 109 Å². The van der Waals surface area contributed by atoms with Crippen LogP contribution < -0.4 is 5.73 Å². The summed E-state index contributed by atoms with van der Waals surface area (Å²) in [5, 5.41) is 0. The Morgan fingerprint density at radius 2 is 0.733 bits per heavy atom. The van der Waals surface area contributed by atoms with Crippen LogP contribution in [-0.2, 0) is 32.7 Å². The van der Waals surface area contributed by atoms with Crippen LogP contribution in [0.25, 0.3) is 0 Å². The smallest absolute Gasteiger partial charge is 0.462 e. The molecule has 0 aliphatic heterocycles. The molecule has 0 saturated heterocycles. The molecule has 75 heavy (non-hydrogen) atoms. The van der Waals surface area contributed by atoms with Crippen molar-refractivity contribution >= 4 is 19.8 Å². The zero-order valence-corrected chi connectivity index (χ0v) is 48.9. The number of carbonyl (C=O) groups is 2. The lowest BCUT2D eigenvalue weighted by Crippen LogP contribution is -2.29. The van der Waals surface area contributed by atoms with Crippen molar-refractivity contribution in [2.45, 2.75) is 264 Å². The summed E-state index contributed by atoms with van der Waals surface area (Å²) in [6.07, 6.45) is 81.6. The maximum Gasteiger partial charge on any atom is 0.472 e. The first kappa shape index (κ1) is 71.7. The van der Waals surface area contributed by atoms with Crippen LogP contribution in [0.2, 0.25) is 0 Å². The molecule has 0 aliphatic carbocycles. The van der Waals surface area contributed by atoms with Crippen molar-refractivity contribution in [3.05, 3.63) is 109 Å². The van der Waals surface area contributed by atoms with E-state index in [0.717, 1.165) is 103 Å². The van der Waals surface area contributed by atoms with E-state index in [9.17, 15) is 19.0 Å². The normalized spacial score (nSPS) is 13.8. The Kier molecular flexibility index (Phi) is 57.2. The number of hydrogen-bond donors (Lipinski definition) is 2. The number of phosphoric acid groups is 1. The van der Waals surface area contributed by atoms with E-state index in [2.05, 4.69) is 123 Å². The summed E-state index contributed by atoms with van der Waals surface area (Å²) in [7, 11) is -4.39. The van der Waals surface area contributed by atoms with Crippen molar-refractivity contribution in [1.82, 2.24) is 0 Å². The minimum Gasteiger partial charge on any atom is -0.462 e. The minimum absolute atomic E-state index is 0.0484. The third-order valence-electron chi connectivity index (χ3n) is 12.6. The van der Waals surface area contributed by atoms with Crippen LogP contribution in [0.1, 0.15) is 258 Å². The molecule has 0 fully saturated rings. The molecule has 0 radical (unpaired) electrons. The van der Waals surface area contributed by atoms with E-state index >= 15 is 0 Å². The van der Waals surface area contributed by atoms with Gasteiger partial charge >= 0.3 is 19.8 Å². The fraction of sp³-hybridized carbons (Fsp3) is 0.692. The molecule has 0 spiro atoms. The topological polar surface area (TPSA) is 134 Å². The predicted octanol–water partition coefficient (Wildman–Crippen LogP) is 19.4. The Bertz CT molecular complexity index is 1590. The Morgan fingerprint density at radius 3 is 1.09 bits per heavy atom. The molecule has 2 unspecified atom stereocenters. The largest absolute Gasteiger partial charge is 0.472 e. The van der Waals surface area contributed by atoms with Gasteiger partial charge in [0.2, 0.25) is 0 Å². The maximum absolute atomic E-state index is 12.7. The Labute approximate surface area is 460 Å². The molecule has 0 rings (SSSR count). The van der Waals surface area contributed by atoms with Gasteiger partial charge in [-0.2, -0.15) is 0 Å². The molecule has 10 heteroatoms. The average molecular weight is 1070 g/mol. The minimum atomic E-state index is -4.39. The second kappa shape index (κ2) is 59.9. The number of carbonyl (C=O) groups excluding carboxylic acids is 2. The Balaban J connectivity index is 3.87. The standard InChI is InChI=1S/C65H112NO8P/c1-3-5-7-9-11-13-15-17-19-20-21-22-23-24-25-26-27-28-29-30-31-32-33-34-35-36-37-38-39-40-41-42-44-46-48-50-52-54-56-58-65(68)74-63(62-73-75(69,70)72-60-59-66)61-71-64(67)57-55-53-51-49-47-45-43-18-16-14-12-10-8-6-4-2/h5,7,11-14,17-19,21-22,24-25,27-28,30-31,43,63H,3-4,6,8-10,15-16,20,23,26,29,32-42,44-62,66H2,1-2H3,(H,69,70)/b7-5-,13-11-,14-12-,19-17-,22-21-,25-24-,28-27-,31-30-,43-18-. The summed E-state index contributed by atoms with van der Waals surface area (Å²) in [5.74, 6) is -0.842. The summed E-state index contributed by atoms with van der Waals surface area (Å²) in [4.78, 5) is 35.1. The first-order valence-electron chi connectivity index (χ1n) is 30.4. The molecule has 0 heterocycles. The fourth-order valence-electron chi connectivity index (χ4n) is 8.18. The van der Waals surface area contributed by atoms with E-state index in [1.807, 2.05) is 0 Å². The van der Waals surface area contributed by atoms with Gasteiger partial charge in [0.1, 0.15) is 6.61 Å². The summed E-state index contributed by atoms with van der Waals surface area (Å²) >= 11 is 0. The van der Waals surface area contributed by atoms with Crippen LogP contribution >= 0.6 is 7.82 Å². The van der Waals surface area contributed by atoms with Gasteiger partial charge in [0.25, 0.3) is 0 Å². The highest BCUT2D eigenvalue weighted by Gasteiger charge is 2.26. The van der Waals surface area contributed by atoms with E-state index in [0.29, 0.717) is 12.8 Å². The van der Waals surface area contributed by atoms with E-state index in [1.165, 1.54) is 116 Å². The predicted molar refractivity (Wildman–Crippen MR) is 321 cm³/mol. The quantitative estimate of drug-likeness (QED) is 0.0264. The van der Waals surface area contributed by atoms with Gasteiger partial charge in [-0.15, -0.1) is 0 Å². The monoisotopic (exact) mass is 1070 g/mol. The van der Waals surface area contributed by atoms with Crippen molar-refractivity contribution < 1.29 is 37.6 Å². The lowest BCUT2D eigenvalue weighted by atomic mass is 10.0. The first-order chi connectivity index (χ1) is 36.8. The molecular weight excluding hydrogens is 954 g/mol. The zero-order chi connectivity index (χ0) is 54.5. The molecule has 430 valence electrons. The summed E-state index contributed by atoms with van der Waals surface area (Å²) in [5.41, 5.74) is 5.38. The molecule has 0 bridgehead atoms. The van der Waals surface area contributed by atoms with Gasteiger partial charge < -0.3 is 20.1 Å². The second-order valence-corrected chi connectivity index (χ2v) is 21.3. The number of esters is 2. The number of unbranched alkanes of at least 4 members (excludes halogenated alkanes) is 25. The molecule has 0 aliphatic rings. The Morgan fingerprint density at radius 1 is 0.413 bits per heavy atom. The fourth-order valence-corrected chi connectivity index (χ4v) is 8.94. The van der Waals surface area contributed by atoms with E-state index in [-0.39, 0.29) is 32.6 Å². The first-order valence-corrected chi connectivity index (χ1v) is 31.9. The number of hydrogen-bond acceptors (Lipinski definition) is 8. The van der Waals surface area contributed by atoms with E-state index in [4.69, 9.17) is 24.3 Å². The number of allylic oxidation sites excluding steroid dienone is 18. The summed E-state index contributed by atoms with van der Waals surface area (Å²) in [6, 6.07) is 0. The van der Waals surface area contributed by atoms with Crippen molar-refractivity contribution in [3.8, 4) is 0 Å². The van der Waals surface area contributed by atoms with Gasteiger partial charge in [-0.3, -0.25) is 18.6 Å². The number of rotatable bonds is 56. The highest BCUT2D eigenvalue weighted by atomic mass is 31.2. The van der Waals surface area contributed by atoms with E-state index in [1.54, 1.807) is 0 Å². The van der Waals surface area contributed by atoms with Crippen molar-refractivity contribution in [2.75, 3.05) is 26.4 Å². The van der Waals surface area contributed by atoms with Gasteiger partial charge in [-0.25, -0.2) is 4.57 Å². The highest BCUT2D eigenvalue weighted by Crippen LogP contribution is 2.43. The summed E-state index contributed by atoms with van der Waals surface area (Å²) in [6.45, 7) is 3.59. The lowest BCUT2D eigenvalue weighted by molar-refractivity contribution is -0.161. The summed E-state index contributed by atoms with van der Waals surface area (Å²) < 4.78 is 33.0. The molecule has 0 saturated carbocycles. The molecule has 0 aromatic rings. The molecule has 3 N–H and O–H groups in total. The molecule has 0 aromatic heterocycles. The van der Waals surface area contributed by atoms with Gasteiger partial charge in [-0.1, -0.05) is 252 Å². The SMILES string of the molecule is CC/C=C\C/C=C\C/C=C\C/C=C\C/C=C\C/C=C\C/C=C\CCCCCCCCCCCCCCCCCCCC(=O)OC(COC(=O)CCCCCCC/C=C\C/C=C\CCCCC)COP(=O)(O)OCCN. The van der Waals surface area contributed by atoms with Gasteiger partial charge in [-0.05, 0) is 103 Å². The second-order valence-electron chi connectivity index (χ2n) is 19.8. The molecular formula is C65H112NO8P. The number of ether oxygens (including phenoxy) is 2. The van der Waals surface area contributed by atoms with Gasteiger partial charge in [0.15, 0.2) is 6.10 Å². The lowest BCUT2D eigenvalue weighted by Gasteiger charge is -2.19. The van der Waals surface area contributed by atoms with E-state index < -0.39 is 32.5 Å². The van der Waals surface area contributed by atoms with Crippen molar-refractivity contribution in [3.63, 3.8) is 0 Å². The van der Waals surface area contributed by atoms with Gasteiger partial charge in [0.05, 0.1) is 13.2 Å². The number of phosphoric ester groups is 1. The van der Waals surface area contributed by atoms with Crippen molar-refractivity contribution in [1.29, 1.82) is 0 Å². The van der Waals surface area contributed by atoms with Crippen molar-refractivity contribution in [2.24, 2.45) is 5.73 Å². The average Bonchev–Trinajstić information content (AvgIpc) is 3.40. The van der Waals surface area contributed by atoms with Crippen LogP contribution in [0.3, 0.4) is 0 Å². The molecule has 0 amide bonds. The third-order valence-corrected chi connectivity index (χ3v) is 13.6. The van der Waals surface area contributed by atoms with Crippen LogP contribution in [0.5, 0.6) is 0 Å². The van der Waals surface area contributed by atoms with Crippen LogP contribution in [0.4, 0.5) is 0 Å². The van der Waals surface area contributed by atoms with Crippen LogP contribution in [0, 0.1) is 0 Å². The third kappa shape index (κ3) is 59.8. The van der Waals surface area contributed by atoms with Crippen LogP contribution in [-0.4, -0.2) is 49.3 Å². The molecule has 9 nitrogen and oxygen atoms in total. The van der Waals surface area contributed by atoms with Gasteiger partial charge in [0, 0.05) is 19.4 Å². The Hall–Kier alpha value is -3.33. The number of nitrogens with two attached hydrogens (primary N) is 1. The maximum atomic E-state index is 12.7. The molecule has 2 atom stereocenters. The zero-order valence-electron chi connectivity index (χ0n) is 48.0. The molecule has 0 aromatic carbocycles. The highest BCUT2D eigenvalue weighted by molar-refractivity contribution is 7.47.